The summed E-state index contributed by atoms with van der Waals surface area (Å²) in [5.41, 5.74) is 21.1. The number of aryl methyl sites for hydroxylation is 4. The number of hydrogen-bond acceptors (Lipinski definition) is 1. The van der Waals surface area contributed by atoms with Crippen LogP contribution in [-0.2, 0) is 0 Å². The fraction of sp³-hybridized carbons (Fsp3) is 0.0870. The molecule has 7 aromatic carbocycles. The molecule has 0 unspecified atom stereocenters. The summed E-state index contributed by atoms with van der Waals surface area (Å²) in [5, 5.41) is 11.8. The largest absolute Gasteiger partial charge is 0.238 e. The Kier molecular flexibility index (Phi) is 6.84. The van der Waals surface area contributed by atoms with Crippen LogP contribution in [0.2, 0.25) is 0 Å². The van der Waals surface area contributed by atoms with E-state index < -0.39 is 0 Å². The van der Waals surface area contributed by atoms with Gasteiger partial charge in [-0.05, 0) is 146 Å². The molecule has 48 heavy (non-hydrogen) atoms. The van der Waals surface area contributed by atoms with E-state index in [1.165, 1.54) is 88.7 Å². The Labute approximate surface area is 282 Å². The van der Waals surface area contributed by atoms with Gasteiger partial charge in [0.25, 0.3) is 0 Å². The maximum atomic E-state index is 9.23. The second-order valence-corrected chi connectivity index (χ2v) is 13.0. The summed E-state index contributed by atoms with van der Waals surface area (Å²) < 4.78 is 0. The molecule has 0 spiro atoms. The second-order valence-electron chi connectivity index (χ2n) is 13.0. The van der Waals surface area contributed by atoms with Gasteiger partial charge in [0.1, 0.15) is 0 Å². The van der Waals surface area contributed by atoms with Crippen molar-refractivity contribution in [3.63, 3.8) is 0 Å². The molecule has 0 aromatic heterocycles. The van der Waals surface area contributed by atoms with Gasteiger partial charge in [0.2, 0.25) is 0 Å². The van der Waals surface area contributed by atoms with Gasteiger partial charge < -0.3 is 0 Å². The zero-order valence-corrected chi connectivity index (χ0v) is 27.4. The zero-order chi connectivity index (χ0) is 33.1. The lowest BCUT2D eigenvalue weighted by Crippen LogP contribution is -1.92. The van der Waals surface area contributed by atoms with Crippen LogP contribution >= 0.6 is 0 Å². The van der Waals surface area contributed by atoms with Crippen molar-refractivity contribution in [1.29, 1.82) is 5.26 Å². The van der Waals surface area contributed by atoms with Gasteiger partial charge in [0, 0.05) is 0 Å². The lowest BCUT2D eigenvalue weighted by molar-refractivity contribution is 1.38. The van der Waals surface area contributed by atoms with E-state index in [1.807, 2.05) is 48.5 Å². The molecule has 2 nitrogen and oxygen atoms in total. The Morgan fingerprint density at radius 2 is 1.00 bits per heavy atom. The Bertz CT molecular complexity index is 2490. The fourth-order valence-corrected chi connectivity index (χ4v) is 7.84. The second kappa shape index (κ2) is 11.2. The van der Waals surface area contributed by atoms with Crippen LogP contribution in [0.5, 0.6) is 0 Å². The number of benzene rings is 7. The standard InChI is InChI=1S/C46H32N2/c1-27-21-35(33-13-16-37(48-5)17-14-33)22-28(2)44(27)34-15-18-38-41-19-20-42(39-7-6-8-40(46(39)41)43(38)25-34)45-29(3)23-36(24-30(45)4)32-11-9-31(26-47)10-12-32/h6-25H,1-4H3. The van der Waals surface area contributed by atoms with Crippen molar-refractivity contribution >= 4 is 16.5 Å². The topological polar surface area (TPSA) is 28.1 Å². The van der Waals surface area contributed by atoms with Gasteiger partial charge in [0.15, 0.2) is 5.69 Å². The molecule has 0 fully saturated rings. The molecular formula is C46H32N2. The van der Waals surface area contributed by atoms with Gasteiger partial charge in [-0.2, -0.15) is 5.26 Å². The summed E-state index contributed by atoms with van der Waals surface area (Å²) in [6.07, 6.45) is 0. The fourth-order valence-electron chi connectivity index (χ4n) is 7.84. The summed E-state index contributed by atoms with van der Waals surface area (Å²) in [6.45, 7) is 16.1. The molecule has 0 bridgehead atoms. The van der Waals surface area contributed by atoms with Crippen LogP contribution in [0.15, 0.2) is 121 Å². The number of rotatable bonds is 4. The number of nitrogens with zero attached hydrogens (tertiary/aromatic N) is 2. The number of fused-ring (bicyclic) bond motifs is 3. The molecule has 0 amide bonds. The molecule has 0 N–H and O–H groups in total. The molecule has 7 aromatic rings. The third-order valence-electron chi connectivity index (χ3n) is 9.94. The summed E-state index contributed by atoms with van der Waals surface area (Å²) in [4.78, 5) is 3.54. The van der Waals surface area contributed by atoms with Gasteiger partial charge in [0.05, 0.1) is 18.2 Å². The third-order valence-corrected chi connectivity index (χ3v) is 9.94. The van der Waals surface area contributed by atoms with Crippen LogP contribution in [-0.4, -0.2) is 0 Å². The Morgan fingerprint density at radius 1 is 0.479 bits per heavy atom. The Balaban J connectivity index is 1.20. The quantitative estimate of drug-likeness (QED) is 0.182. The van der Waals surface area contributed by atoms with Crippen LogP contribution in [0, 0.1) is 45.6 Å². The van der Waals surface area contributed by atoms with E-state index in [1.54, 1.807) is 0 Å². The van der Waals surface area contributed by atoms with E-state index in [2.05, 4.69) is 111 Å². The van der Waals surface area contributed by atoms with E-state index in [-0.39, 0.29) is 0 Å². The number of nitriles is 1. The SMILES string of the molecule is [C-]#[N+]c1ccc(-c2cc(C)c(-c3ccc4c(c3)-c3cccc5c(-c6c(C)cc(-c7ccc(C#N)cc7)cc6C)ccc-4c35)c(C)c2)cc1. The highest BCUT2D eigenvalue weighted by atomic mass is 14.6. The molecule has 1 aliphatic rings. The van der Waals surface area contributed by atoms with Crippen LogP contribution in [0.4, 0.5) is 5.69 Å². The minimum Gasteiger partial charge on any atom is -0.238 e. The molecule has 0 aliphatic heterocycles. The van der Waals surface area contributed by atoms with E-state index in [0.717, 1.165) is 11.1 Å². The predicted molar refractivity (Wildman–Crippen MR) is 200 cm³/mol. The minimum absolute atomic E-state index is 0.660. The van der Waals surface area contributed by atoms with Gasteiger partial charge in [-0.15, -0.1) is 0 Å². The van der Waals surface area contributed by atoms with E-state index in [0.29, 0.717) is 11.3 Å². The normalized spacial score (nSPS) is 11.3. The third kappa shape index (κ3) is 4.62. The summed E-state index contributed by atoms with van der Waals surface area (Å²) in [6, 6.07) is 45.3. The van der Waals surface area contributed by atoms with E-state index in [4.69, 9.17) is 6.57 Å². The van der Waals surface area contributed by atoms with Crippen molar-refractivity contribution in [3.8, 4) is 72.8 Å². The smallest absolute Gasteiger partial charge is 0.187 e. The first-order valence-corrected chi connectivity index (χ1v) is 16.3. The average Bonchev–Trinajstić information content (AvgIpc) is 3.42. The maximum Gasteiger partial charge on any atom is 0.187 e. The Hall–Kier alpha value is -6.22. The van der Waals surface area contributed by atoms with Crippen molar-refractivity contribution in [2.75, 3.05) is 0 Å². The summed E-state index contributed by atoms with van der Waals surface area (Å²) in [7, 11) is 0. The average molecular weight is 613 g/mol. The molecule has 226 valence electrons. The molecule has 0 heterocycles. The van der Waals surface area contributed by atoms with Crippen molar-refractivity contribution < 1.29 is 0 Å². The van der Waals surface area contributed by atoms with Crippen LogP contribution in [0.25, 0.3) is 82.4 Å². The lowest BCUT2D eigenvalue weighted by atomic mass is 9.87. The monoisotopic (exact) mass is 612 g/mol. The van der Waals surface area contributed by atoms with Crippen LogP contribution in [0.3, 0.4) is 0 Å². The molecule has 2 heteroatoms. The summed E-state index contributed by atoms with van der Waals surface area (Å²) in [5.74, 6) is 0. The van der Waals surface area contributed by atoms with Gasteiger partial charge in [-0.3, -0.25) is 0 Å². The van der Waals surface area contributed by atoms with Crippen molar-refractivity contribution in [1.82, 2.24) is 0 Å². The lowest BCUT2D eigenvalue weighted by Gasteiger charge is -2.16. The predicted octanol–water partition coefficient (Wildman–Crippen LogP) is 12.8. The highest BCUT2D eigenvalue weighted by molar-refractivity contribution is 6.19. The molecule has 0 saturated carbocycles. The molecular weight excluding hydrogens is 581 g/mol. The highest BCUT2D eigenvalue weighted by Gasteiger charge is 2.24. The van der Waals surface area contributed by atoms with E-state index >= 15 is 0 Å². The maximum absolute atomic E-state index is 9.23. The van der Waals surface area contributed by atoms with Crippen LogP contribution < -0.4 is 0 Å². The molecule has 0 radical (unpaired) electrons. The molecule has 1 aliphatic carbocycles. The van der Waals surface area contributed by atoms with Gasteiger partial charge >= 0.3 is 0 Å². The van der Waals surface area contributed by atoms with Gasteiger partial charge in [-0.25, -0.2) is 4.85 Å². The Morgan fingerprint density at radius 3 is 1.60 bits per heavy atom. The first-order valence-electron chi connectivity index (χ1n) is 16.3. The van der Waals surface area contributed by atoms with Crippen LogP contribution in [0.1, 0.15) is 27.8 Å². The molecule has 0 atom stereocenters. The first kappa shape index (κ1) is 29.2. The van der Waals surface area contributed by atoms with Gasteiger partial charge in [-0.1, -0.05) is 103 Å². The first-order chi connectivity index (χ1) is 23.3. The van der Waals surface area contributed by atoms with Crippen molar-refractivity contribution in [3.05, 3.63) is 161 Å². The summed E-state index contributed by atoms with van der Waals surface area (Å²) >= 11 is 0. The molecule has 8 rings (SSSR count). The molecule has 0 saturated heterocycles. The van der Waals surface area contributed by atoms with E-state index in [9.17, 15) is 5.26 Å². The minimum atomic E-state index is 0.660. The number of hydrogen-bond donors (Lipinski definition) is 0. The highest BCUT2D eigenvalue weighted by Crippen LogP contribution is 2.51. The van der Waals surface area contributed by atoms with Crippen molar-refractivity contribution in [2.24, 2.45) is 0 Å². The zero-order valence-electron chi connectivity index (χ0n) is 27.4. The van der Waals surface area contributed by atoms with Crippen molar-refractivity contribution in [2.45, 2.75) is 27.7 Å².